The first-order valence-electron chi connectivity index (χ1n) is 7.31. The van der Waals surface area contributed by atoms with E-state index in [4.69, 9.17) is 10.7 Å². The van der Waals surface area contributed by atoms with E-state index in [1.165, 1.54) is 23.4 Å². The lowest BCUT2D eigenvalue weighted by atomic mass is 9.77. The lowest BCUT2D eigenvalue weighted by molar-refractivity contribution is 0.282. The molecular formula is C15H20N4S. The Hall–Kier alpha value is -1.20. The molecule has 1 unspecified atom stereocenters. The van der Waals surface area contributed by atoms with Crippen LogP contribution in [-0.4, -0.2) is 14.5 Å². The molecule has 106 valence electrons. The number of thiazole rings is 1. The van der Waals surface area contributed by atoms with Crippen LogP contribution in [0.2, 0.25) is 0 Å². The Labute approximate surface area is 123 Å². The van der Waals surface area contributed by atoms with Gasteiger partial charge in [-0.25, -0.2) is 9.97 Å². The number of aromatic nitrogens is 3. The molecule has 20 heavy (non-hydrogen) atoms. The summed E-state index contributed by atoms with van der Waals surface area (Å²) in [5.41, 5.74) is 8.97. The Bertz CT molecular complexity index is 651. The summed E-state index contributed by atoms with van der Waals surface area (Å²) in [6, 6.07) is 0.774. The van der Waals surface area contributed by atoms with Crippen molar-refractivity contribution in [2.24, 2.45) is 11.1 Å². The standard InChI is InChI=1S/C15H20N4S/c1-15(2)5-10(16)13-11(6-15)18-14(20-13)12-7-17-8-19(12)9-3-4-9/h7-10H,3-6,16H2,1-2H3. The van der Waals surface area contributed by atoms with E-state index in [9.17, 15) is 0 Å². The zero-order valence-corrected chi connectivity index (χ0v) is 12.8. The molecule has 2 aromatic heterocycles. The number of nitrogens with zero attached hydrogens (tertiary/aromatic N) is 3. The Morgan fingerprint density at radius 3 is 2.95 bits per heavy atom. The molecule has 0 bridgehead atoms. The van der Waals surface area contributed by atoms with Gasteiger partial charge < -0.3 is 10.3 Å². The van der Waals surface area contributed by atoms with Gasteiger partial charge in [0.1, 0.15) is 5.01 Å². The molecule has 2 N–H and O–H groups in total. The van der Waals surface area contributed by atoms with Crippen molar-refractivity contribution in [1.29, 1.82) is 0 Å². The third-order valence-electron chi connectivity index (χ3n) is 4.31. The molecule has 0 aliphatic heterocycles. The highest BCUT2D eigenvalue weighted by Gasteiger charge is 2.34. The highest BCUT2D eigenvalue weighted by atomic mass is 32.1. The van der Waals surface area contributed by atoms with Gasteiger partial charge in [-0.05, 0) is 31.1 Å². The van der Waals surface area contributed by atoms with E-state index in [-0.39, 0.29) is 11.5 Å². The molecule has 2 heterocycles. The van der Waals surface area contributed by atoms with Crippen LogP contribution < -0.4 is 5.73 Å². The fourth-order valence-corrected chi connectivity index (χ4v) is 4.31. The number of hydrogen-bond donors (Lipinski definition) is 1. The first kappa shape index (κ1) is 12.5. The monoisotopic (exact) mass is 288 g/mol. The van der Waals surface area contributed by atoms with Crippen LogP contribution in [0.4, 0.5) is 0 Å². The second kappa shape index (κ2) is 4.15. The third kappa shape index (κ3) is 2.00. The molecule has 0 amide bonds. The van der Waals surface area contributed by atoms with Crippen LogP contribution in [0.25, 0.3) is 10.7 Å². The first-order chi connectivity index (χ1) is 9.53. The molecule has 1 fully saturated rings. The predicted octanol–water partition coefficient (Wildman–Crippen LogP) is 3.31. The minimum atomic E-state index is 0.136. The zero-order valence-electron chi connectivity index (χ0n) is 12.0. The van der Waals surface area contributed by atoms with Gasteiger partial charge in [-0.15, -0.1) is 11.3 Å². The normalized spacial score (nSPS) is 24.6. The molecular weight excluding hydrogens is 268 g/mol. The summed E-state index contributed by atoms with van der Waals surface area (Å²) in [6.07, 6.45) is 8.49. The van der Waals surface area contributed by atoms with Crippen molar-refractivity contribution in [3.8, 4) is 10.7 Å². The van der Waals surface area contributed by atoms with Crippen LogP contribution in [0, 0.1) is 5.41 Å². The minimum absolute atomic E-state index is 0.136. The van der Waals surface area contributed by atoms with Crippen LogP contribution >= 0.6 is 11.3 Å². The van der Waals surface area contributed by atoms with Gasteiger partial charge >= 0.3 is 0 Å². The minimum Gasteiger partial charge on any atom is -0.326 e. The smallest absolute Gasteiger partial charge is 0.142 e. The third-order valence-corrected chi connectivity index (χ3v) is 5.56. The molecule has 2 aliphatic rings. The van der Waals surface area contributed by atoms with Gasteiger partial charge in [0, 0.05) is 17.0 Å². The van der Waals surface area contributed by atoms with Crippen molar-refractivity contribution < 1.29 is 0 Å². The Kier molecular flexibility index (Phi) is 2.60. The summed E-state index contributed by atoms with van der Waals surface area (Å²) in [5.74, 6) is 0. The van der Waals surface area contributed by atoms with Gasteiger partial charge in [-0.1, -0.05) is 13.8 Å². The number of rotatable bonds is 2. The van der Waals surface area contributed by atoms with E-state index in [2.05, 4.69) is 23.4 Å². The van der Waals surface area contributed by atoms with Crippen LogP contribution in [0.3, 0.4) is 0 Å². The molecule has 2 aromatic rings. The van der Waals surface area contributed by atoms with E-state index >= 15 is 0 Å². The van der Waals surface area contributed by atoms with Crippen LogP contribution in [-0.2, 0) is 6.42 Å². The molecule has 2 aliphatic carbocycles. The molecule has 1 atom stereocenters. The SMILES string of the molecule is CC1(C)Cc2nc(-c3cncn3C3CC3)sc2C(N)C1. The molecule has 1 saturated carbocycles. The molecule has 5 heteroatoms. The second-order valence-electron chi connectivity index (χ2n) is 6.90. The molecule has 4 nitrogen and oxygen atoms in total. The van der Waals surface area contributed by atoms with Crippen molar-refractivity contribution in [2.45, 2.75) is 51.6 Å². The van der Waals surface area contributed by atoms with Crippen LogP contribution in [0.5, 0.6) is 0 Å². The lowest BCUT2D eigenvalue weighted by Gasteiger charge is -2.32. The van der Waals surface area contributed by atoms with E-state index < -0.39 is 0 Å². The quantitative estimate of drug-likeness (QED) is 0.922. The predicted molar refractivity (Wildman–Crippen MR) is 80.6 cm³/mol. The van der Waals surface area contributed by atoms with Crippen molar-refractivity contribution in [1.82, 2.24) is 14.5 Å². The van der Waals surface area contributed by atoms with Crippen molar-refractivity contribution in [3.63, 3.8) is 0 Å². The van der Waals surface area contributed by atoms with E-state index in [1.807, 2.05) is 12.5 Å². The molecule has 0 spiro atoms. The zero-order chi connectivity index (χ0) is 13.9. The molecule has 0 saturated heterocycles. The second-order valence-corrected chi connectivity index (χ2v) is 7.93. The Morgan fingerprint density at radius 2 is 2.20 bits per heavy atom. The summed E-state index contributed by atoms with van der Waals surface area (Å²) in [4.78, 5) is 10.5. The summed E-state index contributed by atoms with van der Waals surface area (Å²) in [6.45, 7) is 4.56. The van der Waals surface area contributed by atoms with Gasteiger partial charge in [0.2, 0.25) is 0 Å². The van der Waals surface area contributed by atoms with Gasteiger partial charge in [-0.3, -0.25) is 0 Å². The lowest BCUT2D eigenvalue weighted by Crippen LogP contribution is -2.28. The van der Waals surface area contributed by atoms with Gasteiger partial charge in [0.25, 0.3) is 0 Å². The van der Waals surface area contributed by atoms with Gasteiger partial charge in [-0.2, -0.15) is 0 Å². The highest BCUT2D eigenvalue weighted by Crippen LogP contribution is 2.45. The Morgan fingerprint density at radius 1 is 1.40 bits per heavy atom. The Balaban J connectivity index is 1.76. The maximum Gasteiger partial charge on any atom is 0.142 e. The number of fused-ring (bicyclic) bond motifs is 1. The summed E-state index contributed by atoms with van der Waals surface area (Å²) in [5, 5.41) is 1.09. The maximum atomic E-state index is 6.35. The van der Waals surface area contributed by atoms with E-state index in [0.717, 1.165) is 23.5 Å². The topological polar surface area (TPSA) is 56.7 Å². The average Bonchev–Trinajstić information content (AvgIpc) is 2.94. The number of imidazole rings is 1. The number of hydrogen-bond acceptors (Lipinski definition) is 4. The average molecular weight is 288 g/mol. The molecule has 0 aromatic carbocycles. The number of nitrogens with two attached hydrogens (primary N) is 1. The van der Waals surface area contributed by atoms with E-state index in [0.29, 0.717) is 6.04 Å². The summed E-state index contributed by atoms with van der Waals surface area (Å²) in [7, 11) is 0. The summed E-state index contributed by atoms with van der Waals surface area (Å²) < 4.78 is 2.28. The molecule has 4 rings (SSSR count). The fraction of sp³-hybridized carbons (Fsp3) is 0.600. The van der Waals surface area contributed by atoms with Crippen molar-refractivity contribution in [2.75, 3.05) is 0 Å². The van der Waals surface area contributed by atoms with Crippen LogP contribution in [0.1, 0.15) is 55.8 Å². The fourth-order valence-electron chi connectivity index (χ4n) is 3.22. The molecule has 0 radical (unpaired) electrons. The largest absolute Gasteiger partial charge is 0.326 e. The first-order valence-corrected chi connectivity index (χ1v) is 8.12. The maximum absolute atomic E-state index is 6.35. The van der Waals surface area contributed by atoms with Gasteiger partial charge in [0.05, 0.1) is 23.9 Å². The van der Waals surface area contributed by atoms with Crippen LogP contribution in [0.15, 0.2) is 12.5 Å². The highest BCUT2D eigenvalue weighted by molar-refractivity contribution is 7.15. The van der Waals surface area contributed by atoms with E-state index in [1.54, 1.807) is 11.3 Å². The van der Waals surface area contributed by atoms with Gasteiger partial charge in [0.15, 0.2) is 0 Å². The summed E-state index contributed by atoms with van der Waals surface area (Å²) >= 11 is 1.76. The van der Waals surface area contributed by atoms with Crippen molar-refractivity contribution >= 4 is 11.3 Å². The van der Waals surface area contributed by atoms with Crippen molar-refractivity contribution in [3.05, 3.63) is 23.1 Å².